The Labute approximate surface area is 148 Å². The van der Waals surface area contributed by atoms with Crippen LogP contribution >= 0.6 is 0 Å². The number of aliphatic hydroxyl groups is 1. The third-order valence-electron chi connectivity index (χ3n) is 4.36. The summed E-state index contributed by atoms with van der Waals surface area (Å²) in [4.78, 5) is 2.24. The number of aromatic nitrogens is 1. The lowest BCUT2D eigenvalue weighted by Crippen LogP contribution is -2.35. The molecule has 1 aromatic carbocycles. The van der Waals surface area contributed by atoms with Crippen LogP contribution in [0.3, 0.4) is 0 Å². The molecule has 2 atom stereocenters. The maximum Gasteiger partial charge on any atom is 0.154 e. The first-order valence-corrected chi connectivity index (χ1v) is 8.86. The highest BCUT2D eigenvalue weighted by atomic mass is 16.5. The second kappa shape index (κ2) is 8.36. The van der Waals surface area contributed by atoms with E-state index < -0.39 is 6.10 Å². The van der Waals surface area contributed by atoms with Crippen LogP contribution in [-0.4, -0.2) is 47.6 Å². The van der Waals surface area contributed by atoms with Crippen molar-refractivity contribution < 1.29 is 19.1 Å². The smallest absolute Gasteiger partial charge is 0.154 e. The van der Waals surface area contributed by atoms with E-state index in [9.17, 15) is 5.11 Å². The SMILES string of the molecule is CCOc1ccc(OCC(O)CN2CCCC2c2cc(C)no2)cc1. The summed E-state index contributed by atoms with van der Waals surface area (Å²) in [5.74, 6) is 2.43. The van der Waals surface area contributed by atoms with Gasteiger partial charge in [-0.25, -0.2) is 0 Å². The quantitative estimate of drug-likeness (QED) is 0.793. The fourth-order valence-electron chi connectivity index (χ4n) is 3.22. The van der Waals surface area contributed by atoms with E-state index in [0.29, 0.717) is 13.2 Å². The van der Waals surface area contributed by atoms with Gasteiger partial charge in [-0.1, -0.05) is 5.16 Å². The number of likely N-dealkylation sites (tertiary alicyclic amines) is 1. The highest BCUT2D eigenvalue weighted by Crippen LogP contribution is 2.32. The van der Waals surface area contributed by atoms with Crippen LogP contribution < -0.4 is 9.47 Å². The van der Waals surface area contributed by atoms with Crippen LogP contribution in [0.15, 0.2) is 34.9 Å². The molecule has 1 fully saturated rings. The van der Waals surface area contributed by atoms with E-state index in [1.54, 1.807) is 0 Å². The number of β-amino-alcohol motifs (C(OH)–C–C–N with tert-alkyl or cyclic N) is 1. The van der Waals surface area contributed by atoms with Crippen LogP contribution in [0.2, 0.25) is 0 Å². The van der Waals surface area contributed by atoms with Crippen LogP contribution in [-0.2, 0) is 0 Å². The number of rotatable bonds is 8. The minimum Gasteiger partial charge on any atom is -0.494 e. The molecule has 0 bridgehead atoms. The highest BCUT2D eigenvalue weighted by molar-refractivity contribution is 5.31. The highest BCUT2D eigenvalue weighted by Gasteiger charge is 2.30. The second-order valence-electron chi connectivity index (χ2n) is 6.39. The Bertz CT molecular complexity index is 656. The zero-order valence-electron chi connectivity index (χ0n) is 14.9. The Morgan fingerprint density at radius 2 is 2.00 bits per heavy atom. The number of benzene rings is 1. The van der Waals surface area contributed by atoms with Crippen molar-refractivity contribution in [2.75, 3.05) is 26.3 Å². The van der Waals surface area contributed by atoms with Crippen LogP contribution in [0, 0.1) is 6.92 Å². The molecule has 0 radical (unpaired) electrons. The second-order valence-corrected chi connectivity index (χ2v) is 6.39. The van der Waals surface area contributed by atoms with Gasteiger partial charge in [-0.3, -0.25) is 4.90 Å². The van der Waals surface area contributed by atoms with Crippen molar-refractivity contribution in [2.24, 2.45) is 0 Å². The average molecular weight is 346 g/mol. The molecule has 1 aliphatic rings. The molecule has 136 valence electrons. The van der Waals surface area contributed by atoms with E-state index in [1.807, 2.05) is 44.2 Å². The topological polar surface area (TPSA) is 68.0 Å². The number of aryl methyl sites for hydroxylation is 1. The van der Waals surface area contributed by atoms with Gasteiger partial charge in [0.1, 0.15) is 24.2 Å². The molecule has 1 N–H and O–H groups in total. The third kappa shape index (κ3) is 4.74. The normalized spacial score (nSPS) is 19.1. The van der Waals surface area contributed by atoms with Gasteiger partial charge < -0.3 is 19.1 Å². The Hall–Kier alpha value is -2.05. The van der Waals surface area contributed by atoms with Crippen molar-refractivity contribution in [1.82, 2.24) is 10.1 Å². The van der Waals surface area contributed by atoms with Gasteiger partial charge in [0.25, 0.3) is 0 Å². The first kappa shape index (κ1) is 17.8. The maximum atomic E-state index is 10.3. The summed E-state index contributed by atoms with van der Waals surface area (Å²) < 4.78 is 16.5. The van der Waals surface area contributed by atoms with Gasteiger partial charge in [0.05, 0.1) is 18.3 Å². The molecular weight excluding hydrogens is 320 g/mol. The van der Waals surface area contributed by atoms with Crippen LogP contribution in [0.25, 0.3) is 0 Å². The summed E-state index contributed by atoms with van der Waals surface area (Å²) in [5, 5.41) is 14.3. The van der Waals surface area contributed by atoms with Crippen molar-refractivity contribution in [3.05, 3.63) is 41.8 Å². The Kier molecular flexibility index (Phi) is 5.94. The van der Waals surface area contributed by atoms with E-state index in [0.717, 1.165) is 42.3 Å². The van der Waals surface area contributed by atoms with Crippen molar-refractivity contribution in [2.45, 2.75) is 38.8 Å². The van der Waals surface area contributed by atoms with Crippen LogP contribution in [0.4, 0.5) is 0 Å². The zero-order valence-corrected chi connectivity index (χ0v) is 14.9. The van der Waals surface area contributed by atoms with E-state index in [2.05, 4.69) is 10.1 Å². The molecule has 25 heavy (non-hydrogen) atoms. The van der Waals surface area contributed by atoms with E-state index >= 15 is 0 Å². The Morgan fingerprint density at radius 1 is 1.28 bits per heavy atom. The Balaban J connectivity index is 1.49. The number of hydrogen-bond acceptors (Lipinski definition) is 6. The largest absolute Gasteiger partial charge is 0.494 e. The molecule has 0 amide bonds. The summed E-state index contributed by atoms with van der Waals surface area (Å²) in [6.45, 7) is 6.28. The lowest BCUT2D eigenvalue weighted by atomic mass is 10.1. The summed E-state index contributed by atoms with van der Waals surface area (Å²) in [7, 11) is 0. The third-order valence-corrected chi connectivity index (χ3v) is 4.36. The minimum absolute atomic E-state index is 0.196. The van der Waals surface area contributed by atoms with E-state index in [1.165, 1.54) is 0 Å². The van der Waals surface area contributed by atoms with Crippen molar-refractivity contribution in [3.63, 3.8) is 0 Å². The number of nitrogens with zero attached hydrogens (tertiary/aromatic N) is 2. The predicted octanol–water partition coefficient (Wildman–Crippen LogP) is 2.96. The van der Waals surface area contributed by atoms with Gasteiger partial charge in [-0.05, 0) is 57.5 Å². The summed E-state index contributed by atoms with van der Waals surface area (Å²) >= 11 is 0. The van der Waals surface area contributed by atoms with Gasteiger partial charge >= 0.3 is 0 Å². The average Bonchev–Trinajstić information content (AvgIpc) is 3.23. The zero-order chi connectivity index (χ0) is 17.6. The van der Waals surface area contributed by atoms with Crippen LogP contribution in [0.1, 0.15) is 37.3 Å². The lowest BCUT2D eigenvalue weighted by Gasteiger charge is -2.25. The standard InChI is InChI=1S/C19H26N2O4/c1-3-23-16-6-8-17(9-7-16)24-13-15(22)12-21-10-4-5-18(21)19-11-14(2)20-25-19/h6-9,11,15,18,22H,3-5,10,12-13H2,1-2H3. The fourth-order valence-corrected chi connectivity index (χ4v) is 3.22. The number of aliphatic hydroxyl groups excluding tert-OH is 1. The molecule has 1 saturated heterocycles. The maximum absolute atomic E-state index is 10.3. The molecule has 6 heteroatoms. The van der Waals surface area contributed by atoms with Crippen molar-refractivity contribution in [1.29, 1.82) is 0 Å². The lowest BCUT2D eigenvalue weighted by molar-refractivity contribution is 0.0597. The van der Waals surface area contributed by atoms with Gasteiger partial charge in [0, 0.05) is 12.6 Å². The van der Waals surface area contributed by atoms with Crippen molar-refractivity contribution >= 4 is 0 Å². The molecule has 2 aromatic rings. The number of ether oxygens (including phenoxy) is 2. The molecule has 0 aliphatic carbocycles. The molecule has 1 aliphatic heterocycles. The first-order valence-electron chi connectivity index (χ1n) is 8.86. The monoisotopic (exact) mass is 346 g/mol. The number of hydrogen-bond donors (Lipinski definition) is 1. The predicted molar refractivity (Wildman–Crippen MR) is 93.9 cm³/mol. The van der Waals surface area contributed by atoms with Gasteiger partial charge in [-0.15, -0.1) is 0 Å². The summed E-state index contributed by atoms with van der Waals surface area (Å²) in [5.41, 5.74) is 0.890. The molecular formula is C19H26N2O4. The summed E-state index contributed by atoms with van der Waals surface area (Å²) in [6, 6.07) is 9.62. The molecule has 1 aromatic heterocycles. The van der Waals surface area contributed by atoms with E-state index in [4.69, 9.17) is 14.0 Å². The van der Waals surface area contributed by atoms with Crippen molar-refractivity contribution in [3.8, 4) is 11.5 Å². The minimum atomic E-state index is -0.559. The van der Waals surface area contributed by atoms with Gasteiger partial charge in [0.15, 0.2) is 5.76 Å². The molecule has 2 heterocycles. The molecule has 3 rings (SSSR count). The first-order chi connectivity index (χ1) is 12.2. The van der Waals surface area contributed by atoms with E-state index in [-0.39, 0.29) is 12.6 Å². The van der Waals surface area contributed by atoms with Gasteiger partial charge in [0.2, 0.25) is 0 Å². The fraction of sp³-hybridized carbons (Fsp3) is 0.526. The van der Waals surface area contributed by atoms with Gasteiger partial charge in [-0.2, -0.15) is 0 Å². The van der Waals surface area contributed by atoms with Crippen LogP contribution in [0.5, 0.6) is 11.5 Å². The molecule has 0 spiro atoms. The Morgan fingerprint density at radius 3 is 2.64 bits per heavy atom. The summed E-state index contributed by atoms with van der Waals surface area (Å²) in [6.07, 6.45) is 1.56. The molecule has 2 unspecified atom stereocenters. The molecule has 6 nitrogen and oxygen atoms in total. The molecule has 0 saturated carbocycles.